The summed E-state index contributed by atoms with van der Waals surface area (Å²) < 4.78 is 23.7. The first kappa shape index (κ1) is 22.2. The molecule has 7 heteroatoms. The Hall–Kier alpha value is -3.09. The molecule has 0 radical (unpaired) electrons. The lowest BCUT2D eigenvalue weighted by Gasteiger charge is -2.29. The van der Waals surface area contributed by atoms with Crippen LogP contribution in [0.4, 0.5) is 4.39 Å². The minimum absolute atomic E-state index is 0.0470. The molecule has 29 heavy (non-hydrogen) atoms. The minimum Gasteiger partial charge on any atom is -0.497 e. The Labute approximate surface area is 170 Å². The van der Waals surface area contributed by atoms with Crippen LogP contribution >= 0.6 is 0 Å². The molecule has 2 aromatic rings. The number of rotatable bonds is 9. The highest BCUT2D eigenvalue weighted by molar-refractivity contribution is 5.88. The van der Waals surface area contributed by atoms with E-state index in [1.165, 1.54) is 29.2 Å². The van der Waals surface area contributed by atoms with Crippen LogP contribution in [-0.4, -0.2) is 42.5 Å². The number of amides is 2. The van der Waals surface area contributed by atoms with E-state index in [4.69, 9.17) is 9.47 Å². The number of hydrogen-bond donors (Lipinski definition) is 1. The van der Waals surface area contributed by atoms with Gasteiger partial charge in [-0.05, 0) is 62.7 Å². The smallest absolute Gasteiger partial charge is 0.261 e. The zero-order valence-electron chi connectivity index (χ0n) is 17.1. The monoisotopic (exact) mass is 402 g/mol. The van der Waals surface area contributed by atoms with E-state index in [9.17, 15) is 14.0 Å². The number of ether oxygens (including phenoxy) is 2. The van der Waals surface area contributed by atoms with Crippen molar-refractivity contribution in [2.45, 2.75) is 39.4 Å². The van der Waals surface area contributed by atoms with Crippen molar-refractivity contribution in [2.24, 2.45) is 0 Å². The number of carbonyl (C=O) groups is 2. The van der Waals surface area contributed by atoms with Crippen molar-refractivity contribution < 1.29 is 23.5 Å². The molecule has 6 nitrogen and oxygen atoms in total. The Morgan fingerprint density at radius 2 is 1.76 bits per heavy atom. The average molecular weight is 402 g/mol. The molecular formula is C22H27FN2O4. The first-order chi connectivity index (χ1) is 13.8. The van der Waals surface area contributed by atoms with Crippen molar-refractivity contribution in [3.05, 3.63) is 59.9 Å². The topological polar surface area (TPSA) is 67.9 Å². The van der Waals surface area contributed by atoms with E-state index in [0.29, 0.717) is 11.5 Å². The van der Waals surface area contributed by atoms with Crippen molar-refractivity contribution in [3.63, 3.8) is 0 Å². The Bertz CT molecular complexity index is 824. The highest BCUT2D eigenvalue weighted by Gasteiger charge is 2.27. The molecule has 1 atom stereocenters. The maximum Gasteiger partial charge on any atom is 0.261 e. The van der Waals surface area contributed by atoms with Gasteiger partial charge in [-0.25, -0.2) is 4.39 Å². The van der Waals surface area contributed by atoms with E-state index in [2.05, 4.69) is 5.32 Å². The van der Waals surface area contributed by atoms with Crippen LogP contribution in [-0.2, 0) is 16.1 Å². The second-order valence-electron chi connectivity index (χ2n) is 6.96. The van der Waals surface area contributed by atoms with E-state index in [-0.39, 0.29) is 36.8 Å². The molecule has 1 N–H and O–H groups in total. The van der Waals surface area contributed by atoms with Crippen LogP contribution in [0.3, 0.4) is 0 Å². The average Bonchev–Trinajstić information content (AvgIpc) is 2.70. The van der Waals surface area contributed by atoms with Crippen LogP contribution < -0.4 is 14.8 Å². The van der Waals surface area contributed by atoms with E-state index in [1.807, 2.05) is 38.1 Å². The Kier molecular flexibility index (Phi) is 8.00. The van der Waals surface area contributed by atoms with Crippen molar-refractivity contribution in [1.82, 2.24) is 10.2 Å². The molecule has 0 bridgehead atoms. The standard InChI is InChI=1S/C22H27FN2O4/c1-15(2)24-22(27)16(3)25(13-17-6-5-7-20(12-17)28-4)21(26)14-29-19-10-8-18(23)9-11-19/h5-12,15-16H,13-14H2,1-4H3,(H,24,27)/t16-/m0/s1. The van der Waals surface area contributed by atoms with Gasteiger partial charge in [0, 0.05) is 12.6 Å². The number of methoxy groups -OCH3 is 1. The van der Waals surface area contributed by atoms with Gasteiger partial charge < -0.3 is 19.7 Å². The van der Waals surface area contributed by atoms with Gasteiger partial charge in [0.05, 0.1) is 7.11 Å². The predicted octanol–water partition coefficient (Wildman–Crippen LogP) is 3.16. The zero-order valence-corrected chi connectivity index (χ0v) is 17.1. The summed E-state index contributed by atoms with van der Waals surface area (Å²) in [5.41, 5.74) is 0.823. The largest absolute Gasteiger partial charge is 0.497 e. The van der Waals surface area contributed by atoms with Gasteiger partial charge in [0.15, 0.2) is 6.61 Å². The van der Waals surface area contributed by atoms with Crippen LogP contribution in [0, 0.1) is 5.82 Å². The van der Waals surface area contributed by atoms with Crippen molar-refractivity contribution in [3.8, 4) is 11.5 Å². The summed E-state index contributed by atoms with van der Waals surface area (Å²) in [6, 6.07) is 12.0. The van der Waals surface area contributed by atoms with Gasteiger partial charge in [-0.3, -0.25) is 9.59 Å². The number of nitrogens with one attached hydrogen (secondary N) is 1. The SMILES string of the molecule is COc1cccc(CN(C(=O)COc2ccc(F)cc2)[C@@H](C)C(=O)NC(C)C)c1. The maximum absolute atomic E-state index is 13.0. The van der Waals surface area contributed by atoms with Crippen LogP contribution in [0.15, 0.2) is 48.5 Å². The lowest BCUT2D eigenvalue weighted by molar-refractivity contribution is -0.142. The summed E-state index contributed by atoms with van der Waals surface area (Å²) in [6.45, 7) is 5.34. The lowest BCUT2D eigenvalue weighted by atomic mass is 10.1. The van der Waals surface area contributed by atoms with Crippen LogP contribution in [0.2, 0.25) is 0 Å². The molecule has 0 saturated heterocycles. The van der Waals surface area contributed by atoms with E-state index in [0.717, 1.165) is 5.56 Å². The summed E-state index contributed by atoms with van der Waals surface area (Å²) in [6.07, 6.45) is 0. The number of carbonyl (C=O) groups excluding carboxylic acids is 2. The van der Waals surface area contributed by atoms with Gasteiger partial charge in [0.1, 0.15) is 23.4 Å². The van der Waals surface area contributed by atoms with Gasteiger partial charge in [-0.1, -0.05) is 12.1 Å². The molecular weight excluding hydrogens is 375 g/mol. The van der Waals surface area contributed by atoms with E-state index < -0.39 is 6.04 Å². The van der Waals surface area contributed by atoms with Crippen molar-refractivity contribution in [2.75, 3.05) is 13.7 Å². The van der Waals surface area contributed by atoms with E-state index in [1.54, 1.807) is 14.0 Å². The minimum atomic E-state index is -0.701. The van der Waals surface area contributed by atoms with Gasteiger partial charge >= 0.3 is 0 Å². The Balaban J connectivity index is 2.16. The quantitative estimate of drug-likeness (QED) is 0.700. The normalized spacial score (nSPS) is 11.7. The molecule has 156 valence electrons. The van der Waals surface area contributed by atoms with E-state index >= 15 is 0 Å². The fraction of sp³-hybridized carbons (Fsp3) is 0.364. The number of halogens is 1. The maximum atomic E-state index is 13.0. The summed E-state index contributed by atoms with van der Waals surface area (Å²) >= 11 is 0. The molecule has 0 fully saturated rings. The molecule has 0 unspecified atom stereocenters. The second-order valence-corrected chi connectivity index (χ2v) is 6.96. The molecule has 0 aliphatic heterocycles. The molecule has 2 amide bonds. The van der Waals surface area contributed by atoms with Crippen LogP contribution in [0.5, 0.6) is 11.5 Å². The molecule has 0 aromatic heterocycles. The van der Waals surface area contributed by atoms with Crippen molar-refractivity contribution in [1.29, 1.82) is 0 Å². The third kappa shape index (κ3) is 6.78. The molecule has 0 saturated carbocycles. The van der Waals surface area contributed by atoms with Gasteiger partial charge in [-0.15, -0.1) is 0 Å². The third-order valence-corrected chi connectivity index (χ3v) is 4.26. The summed E-state index contributed by atoms with van der Waals surface area (Å²) in [5.74, 6) is 0.0426. The molecule has 2 aromatic carbocycles. The molecule has 0 spiro atoms. The zero-order chi connectivity index (χ0) is 21.4. The predicted molar refractivity (Wildman–Crippen MR) is 108 cm³/mol. The number of benzene rings is 2. The summed E-state index contributed by atoms with van der Waals surface area (Å²) in [5, 5.41) is 2.83. The lowest BCUT2D eigenvalue weighted by Crippen LogP contribution is -2.50. The fourth-order valence-corrected chi connectivity index (χ4v) is 2.71. The van der Waals surface area contributed by atoms with Crippen LogP contribution in [0.25, 0.3) is 0 Å². The third-order valence-electron chi connectivity index (χ3n) is 4.26. The van der Waals surface area contributed by atoms with Crippen molar-refractivity contribution >= 4 is 11.8 Å². The Morgan fingerprint density at radius 1 is 1.07 bits per heavy atom. The number of hydrogen-bond acceptors (Lipinski definition) is 4. The Morgan fingerprint density at radius 3 is 2.38 bits per heavy atom. The summed E-state index contributed by atoms with van der Waals surface area (Å²) in [7, 11) is 1.57. The van der Waals surface area contributed by atoms with Gasteiger partial charge in [-0.2, -0.15) is 0 Å². The molecule has 0 aliphatic carbocycles. The fourth-order valence-electron chi connectivity index (χ4n) is 2.71. The number of nitrogens with zero attached hydrogens (tertiary/aromatic N) is 1. The van der Waals surface area contributed by atoms with Gasteiger partial charge in [0.25, 0.3) is 5.91 Å². The molecule has 0 aliphatic rings. The second kappa shape index (κ2) is 10.5. The van der Waals surface area contributed by atoms with Gasteiger partial charge in [0.2, 0.25) is 5.91 Å². The first-order valence-corrected chi connectivity index (χ1v) is 9.41. The molecule has 0 heterocycles. The summed E-state index contributed by atoms with van der Waals surface area (Å²) in [4.78, 5) is 26.9. The van der Waals surface area contributed by atoms with Crippen LogP contribution in [0.1, 0.15) is 26.3 Å². The highest BCUT2D eigenvalue weighted by atomic mass is 19.1. The highest BCUT2D eigenvalue weighted by Crippen LogP contribution is 2.17. The molecule has 2 rings (SSSR count). The first-order valence-electron chi connectivity index (χ1n) is 9.41.